The number of rotatable bonds is 3. The Morgan fingerprint density at radius 2 is 2.26 bits per heavy atom. The van der Waals surface area contributed by atoms with Crippen LogP contribution in [0.3, 0.4) is 0 Å². The van der Waals surface area contributed by atoms with Crippen LogP contribution in [-0.4, -0.2) is 59.1 Å². The highest BCUT2D eigenvalue weighted by atomic mass is 19.3. The number of alkyl halides is 2. The van der Waals surface area contributed by atoms with Crippen molar-refractivity contribution in [3.8, 4) is 0 Å². The molecule has 0 radical (unpaired) electrons. The molecule has 2 heterocycles. The lowest BCUT2D eigenvalue weighted by Crippen LogP contribution is -2.57. The molecule has 2 fully saturated rings. The Morgan fingerprint density at radius 3 is 2.91 bits per heavy atom. The summed E-state index contributed by atoms with van der Waals surface area (Å²) in [7, 11) is 1.66. The lowest BCUT2D eigenvalue weighted by molar-refractivity contribution is -0.101. The van der Waals surface area contributed by atoms with Crippen LogP contribution in [0.1, 0.15) is 42.0 Å². The lowest BCUT2D eigenvalue weighted by Gasteiger charge is -2.45. The van der Waals surface area contributed by atoms with Gasteiger partial charge in [0, 0.05) is 19.3 Å². The predicted octanol–water partition coefficient (Wildman–Crippen LogP) is 2.00. The summed E-state index contributed by atoms with van der Waals surface area (Å²) in [6, 6.07) is 1.32. The summed E-state index contributed by atoms with van der Waals surface area (Å²) in [6.45, 7) is -0.336. The SMILES string of the molecule is COC1CCC2OCCN(C(=O)c3cc(C)n(C(F)F)n3)C2C1. The molecule has 6 nitrogen and oxygen atoms in total. The van der Waals surface area contributed by atoms with Crippen LogP contribution >= 0.6 is 0 Å². The molecule has 3 unspecified atom stereocenters. The van der Waals surface area contributed by atoms with Crippen LogP contribution in [0, 0.1) is 6.92 Å². The van der Waals surface area contributed by atoms with Crippen molar-refractivity contribution >= 4 is 5.91 Å². The van der Waals surface area contributed by atoms with Gasteiger partial charge in [0.25, 0.3) is 5.91 Å². The molecule has 1 saturated carbocycles. The quantitative estimate of drug-likeness (QED) is 0.851. The van der Waals surface area contributed by atoms with E-state index < -0.39 is 6.55 Å². The molecule has 8 heteroatoms. The maximum Gasteiger partial charge on any atom is 0.333 e. The number of carbonyl (C=O) groups excluding carboxylic acids is 1. The Morgan fingerprint density at radius 1 is 1.48 bits per heavy atom. The second-order valence-electron chi connectivity index (χ2n) is 6.04. The molecular formula is C15H21F2N3O3. The van der Waals surface area contributed by atoms with Crippen molar-refractivity contribution in [1.82, 2.24) is 14.7 Å². The zero-order valence-electron chi connectivity index (χ0n) is 13.2. The smallest absolute Gasteiger partial charge is 0.333 e. The molecule has 0 N–H and O–H groups in total. The van der Waals surface area contributed by atoms with Gasteiger partial charge in [-0.15, -0.1) is 0 Å². The number of ether oxygens (including phenoxy) is 2. The summed E-state index contributed by atoms with van der Waals surface area (Å²) in [5.41, 5.74) is 0.328. The third-order valence-electron chi connectivity index (χ3n) is 4.69. The molecule has 1 aromatic heterocycles. The Balaban J connectivity index is 1.81. The van der Waals surface area contributed by atoms with E-state index in [0.717, 1.165) is 12.8 Å². The summed E-state index contributed by atoms with van der Waals surface area (Å²) < 4.78 is 37.5. The monoisotopic (exact) mass is 329 g/mol. The first kappa shape index (κ1) is 16.3. The highest BCUT2D eigenvalue weighted by molar-refractivity contribution is 5.92. The number of aromatic nitrogens is 2. The number of aryl methyl sites for hydroxylation is 1. The molecule has 1 aromatic rings. The van der Waals surface area contributed by atoms with Gasteiger partial charge in [0.15, 0.2) is 5.69 Å². The number of hydrogen-bond donors (Lipinski definition) is 0. The first-order valence-electron chi connectivity index (χ1n) is 7.81. The minimum atomic E-state index is -2.75. The summed E-state index contributed by atoms with van der Waals surface area (Å²) in [5, 5.41) is 3.76. The lowest BCUT2D eigenvalue weighted by atomic mass is 9.88. The fraction of sp³-hybridized carbons (Fsp3) is 0.733. The summed E-state index contributed by atoms with van der Waals surface area (Å²) in [6.07, 6.45) is 2.50. The Kier molecular flexibility index (Phi) is 4.63. The topological polar surface area (TPSA) is 56.6 Å². The van der Waals surface area contributed by atoms with Gasteiger partial charge in [-0.3, -0.25) is 4.79 Å². The van der Waals surface area contributed by atoms with Gasteiger partial charge >= 0.3 is 6.55 Å². The van der Waals surface area contributed by atoms with E-state index in [2.05, 4.69) is 5.10 Å². The highest BCUT2D eigenvalue weighted by Crippen LogP contribution is 2.31. The van der Waals surface area contributed by atoms with Crippen LogP contribution in [-0.2, 0) is 9.47 Å². The van der Waals surface area contributed by atoms with E-state index in [-0.39, 0.29) is 35.5 Å². The van der Waals surface area contributed by atoms with Crippen molar-refractivity contribution in [3.63, 3.8) is 0 Å². The predicted molar refractivity (Wildman–Crippen MR) is 77.4 cm³/mol. The summed E-state index contributed by atoms with van der Waals surface area (Å²) in [4.78, 5) is 14.5. The molecule has 23 heavy (non-hydrogen) atoms. The Labute approximate surface area is 133 Å². The largest absolute Gasteiger partial charge is 0.381 e. The van der Waals surface area contributed by atoms with Crippen LogP contribution in [0.15, 0.2) is 6.07 Å². The summed E-state index contributed by atoms with van der Waals surface area (Å²) >= 11 is 0. The molecule has 1 aliphatic carbocycles. The average molecular weight is 329 g/mol. The van der Waals surface area contributed by atoms with Gasteiger partial charge in [0.1, 0.15) is 0 Å². The molecule has 1 aliphatic heterocycles. The van der Waals surface area contributed by atoms with Crippen molar-refractivity contribution in [2.75, 3.05) is 20.3 Å². The van der Waals surface area contributed by atoms with E-state index in [0.29, 0.717) is 24.3 Å². The van der Waals surface area contributed by atoms with Crippen LogP contribution in [0.25, 0.3) is 0 Å². The van der Waals surface area contributed by atoms with Crippen LogP contribution in [0.2, 0.25) is 0 Å². The van der Waals surface area contributed by atoms with E-state index in [4.69, 9.17) is 9.47 Å². The van der Waals surface area contributed by atoms with Gasteiger partial charge in [-0.05, 0) is 32.3 Å². The molecule has 0 bridgehead atoms. The fourth-order valence-electron chi connectivity index (χ4n) is 3.48. The van der Waals surface area contributed by atoms with Crippen LogP contribution in [0.4, 0.5) is 8.78 Å². The molecule has 3 atom stereocenters. The second kappa shape index (κ2) is 6.52. The minimum absolute atomic E-state index is 0.0163. The van der Waals surface area contributed by atoms with Crippen LogP contribution in [0.5, 0.6) is 0 Å². The van der Waals surface area contributed by atoms with Gasteiger partial charge in [-0.25, -0.2) is 4.68 Å². The average Bonchev–Trinajstić information content (AvgIpc) is 2.95. The molecule has 128 valence electrons. The third-order valence-corrected chi connectivity index (χ3v) is 4.69. The number of carbonyl (C=O) groups is 1. The Bertz CT molecular complexity index is 578. The first-order chi connectivity index (χ1) is 11.0. The molecule has 2 aliphatic rings. The van der Waals surface area contributed by atoms with Gasteiger partial charge in [0.2, 0.25) is 0 Å². The zero-order valence-corrected chi connectivity index (χ0v) is 13.2. The molecular weight excluding hydrogens is 308 g/mol. The number of amides is 1. The van der Waals surface area contributed by atoms with Gasteiger partial charge in [-0.1, -0.05) is 0 Å². The number of morpholine rings is 1. The minimum Gasteiger partial charge on any atom is -0.381 e. The van der Waals surface area contributed by atoms with Gasteiger partial charge in [0.05, 0.1) is 24.9 Å². The fourth-order valence-corrected chi connectivity index (χ4v) is 3.48. The van der Waals surface area contributed by atoms with Crippen molar-refractivity contribution in [3.05, 3.63) is 17.5 Å². The zero-order chi connectivity index (χ0) is 16.6. The van der Waals surface area contributed by atoms with E-state index in [1.54, 1.807) is 12.0 Å². The number of halogens is 2. The standard InChI is InChI=1S/C15H21F2N3O3/c1-9-7-11(18-20(9)15(16)17)14(21)19-5-6-23-13-4-3-10(22-2)8-12(13)19/h7,10,12-13,15H,3-6,8H2,1-2H3. The van der Waals surface area contributed by atoms with E-state index in [1.165, 1.54) is 13.0 Å². The van der Waals surface area contributed by atoms with Crippen molar-refractivity contribution < 1.29 is 23.0 Å². The number of nitrogens with zero attached hydrogens (tertiary/aromatic N) is 3. The van der Waals surface area contributed by atoms with Gasteiger partial charge in [-0.2, -0.15) is 13.9 Å². The third kappa shape index (κ3) is 3.10. The molecule has 1 saturated heterocycles. The van der Waals surface area contributed by atoms with Crippen molar-refractivity contribution in [1.29, 1.82) is 0 Å². The number of methoxy groups -OCH3 is 1. The molecule has 1 amide bonds. The molecule has 0 aromatic carbocycles. The van der Waals surface area contributed by atoms with Crippen molar-refractivity contribution in [2.24, 2.45) is 0 Å². The maximum absolute atomic E-state index is 12.9. The number of fused-ring (bicyclic) bond motifs is 1. The highest BCUT2D eigenvalue weighted by Gasteiger charge is 2.40. The molecule has 0 spiro atoms. The first-order valence-corrected chi connectivity index (χ1v) is 7.81. The molecule has 3 rings (SSSR count). The number of hydrogen-bond acceptors (Lipinski definition) is 4. The normalized spacial score (nSPS) is 28.0. The van der Waals surface area contributed by atoms with E-state index in [9.17, 15) is 13.6 Å². The van der Waals surface area contributed by atoms with Crippen LogP contribution < -0.4 is 0 Å². The van der Waals surface area contributed by atoms with E-state index in [1.807, 2.05) is 0 Å². The van der Waals surface area contributed by atoms with Gasteiger partial charge < -0.3 is 14.4 Å². The maximum atomic E-state index is 12.9. The Hall–Kier alpha value is -1.54. The van der Waals surface area contributed by atoms with E-state index >= 15 is 0 Å². The van der Waals surface area contributed by atoms with Crippen molar-refractivity contribution in [2.45, 2.75) is 51.0 Å². The second-order valence-corrected chi connectivity index (χ2v) is 6.04. The summed E-state index contributed by atoms with van der Waals surface area (Å²) in [5.74, 6) is -0.317.